The van der Waals surface area contributed by atoms with Gasteiger partial charge in [0, 0.05) is 18.8 Å². The van der Waals surface area contributed by atoms with E-state index in [9.17, 15) is 14.4 Å². The summed E-state index contributed by atoms with van der Waals surface area (Å²) >= 11 is 1.27. The summed E-state index contributed by atoms with van der Waals surface area (Å²) in [6.45, 7) is 4.58. The molecule has 0 saturated carbocycles. The molecule has 2 rings (SSSR count). The Morgan fingerprint density at radius 1 is 1.32 bits per heavy atom. The number of rotatable bonds is 6. The molecule has 0 aromatic heterocycles. The van der Waals surface area contributed by atoms with Crippen molar-refractivity contribution in [3.8, 4) is 0 Å². The van der Waals surface area contributed by atoms with Crippen LogP contribution in [-0.4, -0.2) is 51.9 Å². The van der Waals surface area contributed by atoms with E-state index in [1.54, 1.807) is 11.8 Å². The number of carboxylic acids is 1. The quantitative estimate of drug-likeness (QED) is 0.809. The van der Waals surface area contributed by atoms with Gasteiger partial charge < -0.3 is 15.3 Å². The van der Waals surface area contributed by atoms with E-state index in [1.807, 2.05) is 31.2 Å². The number of thioether (sulfide) groups is 1. The Balaban J connectivity index is 1.79. The first-order valence-electron chi connectivity index (χ1n) is 8.36. The van der Waals surface area contributed by atoms with Crippen LogP contribution in [0.2, 0.25) is 0 Å². The summed E-state index contributed by atoms with van der Waals surface area (Å²) in [5, 5.41) is 11.5. The topological polar surface area (TPSA) is 86.7 Å². The maximum absolute atomic E-state index is 12.5. The van der Waals surface area contributed by atoms with E-state index < -0.39 is 11.9 Å². The number of anilines is 1. The molecule has 136 valence electrons. The van der Waals surface area contributed by atoms with Crippen LogP contribution in [0.4, 0.5) is 5.69 Å². The SMILES string of the molecule is Cc1ccc(NC(=O)CSC(C)C(=O)N2CCCC(C(=O)O)C2)cc1. The third-order valence-electron chi connectivity index (χ3n) is 4.23. The number of hydrogen-bond donors (Lipinski definition) is 2. The first kappa shape index (κ1) is 19.3. The van der Waals surface area contributed by atoms with Crippen LogP contribution in [0.15, 0.2) is 24.3 Å². The van der Waals surface area contributed by atoms with Gasteiger partial charge in [-0.2, -0.15) is 0 Å². The van der Waals surface area contributed by atoms with Crippen LogP contribution in [0.3, 0.4) is 0 Å². The second kappa shape index (κ2) is 8.89. The fourth-order valence-electron chi connectivity index (χ4n) is 2.74. The number of hydrogen-bond acceptors (Lipinski definition) is 4. The molecule has 6 nitrogen and oxygen atoms in total. The highest BCUT2D eigenvalue weighted by Gasteiger charge is 2.30. The molecule has 7 heteroatoms. The molecule has 1 heterocycles. The van der Waals surface area contributed by atoms with E-state index in [0.717, 1.165) is 11.3 Å². The summed E-state index contributed by atoms with van der Waals surface area (Å²) in [7, 11) is 0. The molecule has 0 spiro atoms. The van der Waals surface area contributed by atoms with E-state index in [4.69, 9.17) is 5.11 Å². The van der Waals surface area contributed by atoms with Crippen molar-refractivity contribution in [2.75, 3.05) is 24.2 Å². The highest BCUT2D eigenvalue weighted by Crippen LogP contribution is 2.21. The van der Waals surface area contributed by atoms with Crippen molar-refractivity contribution in [3.63, 3.8) is 0 Å². The number of carbonyl (C=O) groups excluding carboxylic acids is 2. The predicted molar refractivity (Wildman–Crippen MR) is 98.7 cm³/mol. The Kier molecular flexibility index (Phi) is 6.87. The molecule has 0 radical (unpaired) electrons. The van der Waals surface area contributed by atoms with Crippen molar-refractivity contribution < 1.29 is 19.5 Å². The van der Waals surface area contributed by atoms with Crippen molar-refractivity contribution in [2.45, 2.75) is 31.9 Å². The zero-order chi connectivity index (χ0) is 18.4. The molecule has 0 aliphatic carbocycles. The van der Waals surface area contributed by atoms with Gasteiger partial charge in [0.1, 0.15) is 0 Å². The van der Waals surface area contributed by atoms with Gasteiger partial charge in [0.2, 0.25) is 11.8 Å². The van der Waals surface area contributed by atoms with E-state index in [0.29, 0.717) is 19.4 Å². The summed E-state index contributed by atoms with van der Waals surface area (Å²) in [5.74, 6) is -1.42. The molecule has 2 atom stereocenters. The van der Waals surface area contributed by atoms with Gasteiger partial charge in [0.15, 0.2) is 0 Å². The number of carboxylic acid groups (broad SMARTS) is 1. The Bertz CT molecular complexity index is 632. The van der Waals surface area contributed by atoms with Crippen LogP contribution in [-0.2, 0) is 14.4 Å². The molecule has 0 bridgehead atoms. The van der Waals surface area contributed by atoms with E-state index in [-0.39, 0.29) is 29.4 Å². The lowest BCUT2D eigenvalue weighted by atomic mass is 9.98. The number of amides is 2. The van der Waals surface area contributed by atoms with Gasteiger partial charge in [0.25, 0.3) is 0 Å². The molecule has 1 saturated heterocycles. The van der Waals surface area contributed by atoms with Crippen LogP contribution in [0, 0.1) is 12.8 Å². The van der Waals surface area contributed by atoms with E-state index >= 15 is 0 Å². The minimum atomic E-state index is -0.852. The number of likely N-dealkylation sites (tertiary alicyclic amines) is 1. The molecular weight excluding hydrogens is 340 g/mol. The van der Waals surface area contributed by atoms with Gasteiger partial charge in [-0.3, -0.25) is 14.4 Å². The minimum Gasteiger partial charge on any atom is -0.481 e. The average Bonchev–Trinajstić information content (AvgIpc) is 2.61. The van der Waals surface area contributed by atoms with Crippen molar-refractivity contribution in [2.24, 2.45) is 5.92 Å². The highest BCUT2D eigenvalue weighted by molar-refractivity contribution is 8.01. The lowest BCUT2D eigenvalue weighted by Crippen LogP contribution is -2.45. The Hall–Kier alpha value is -2.02. The summed E-state index contributed by atoms with van der Waals surface area (Å²) in [6, 6.07) is 7.52. The largest absolute Gasteiger partial charge is 0.481 e. The number of benzene rings is 1. The molecule has 1 aromatic carbocycles. The molecule has 1 fully saturated rings. The van der Waals surface area contributed by atoms with Gasteiger partial charge in [0.05, 0.1) is 16.9 Å². The second-order valence-electron chi connectivity index (χ2n) is 6.33. The van der Waals surface area contributed by atoms with Gasteiger partial charge in [-0.05, 0) is 38.8 Å². The number of piperidine rings is 1. The maximum Gasteiger partial charge on any atom is 0.308 e. The van der Waals surface area contributed by atoms with Gasteiger partial charge in [-0.1, -0.05) is 17.7 Å². The Morgan fingerprint density at radius 3 is 2.64 bits per heavy atom. The monoisotopic (exact) mass is 364 g/mol. The van der Waals surface area contributed by atoms with Crippen molar-refractivity contribution in [1.82, 2.24) is 4.90 Å². The number of nitrogens with zero attached hydrogens (tertiary/aromatic N) is 1. The van der Waals surface area contributed by atoms with Crippen LogP contribution in [0.1, 0.15) is 25.3 Å². The van der Waals surface area contributed by atoms with Gasteiger partial charge in [-0.25, -0.2) is 0 Å². The standard InChI is InChI=1S/C18H24N2O4S/c1-12-5-7-15(8-6-12)19-16(21)11-25-13(2)17(22)20-9-3-4-14(10-20)18(23)24/h5-8,13-14H,3-4,9-11H2,1-2H3,(H,19,21)(H,23,24). The molecule has 2 N–H and O–H groups in total. The summed E-state index contributed by atoms with van der Waals surface area (Å²) in [4.78, 5) is 37.2. The summed E-state index contributed by atoms with van der Waals surface area (Å²) < 4.78 is 0. The predicted octanol–water partition coefficient (Wildman–Crippen LogP) is 2.38. The fraction of sp³-hybridized carbons (Fsp3) is 0.500. The van der Waals surface area contributed by atoms with Crippen LogP contribution < -0.4 is 5.32 Å². The zero-order valence-electron chi connectivity index (χ0n) is 14.5. The molecule has 2 unspecified atom stereocenters. The molecule has 1 aromatic rings. The Labute approximate surface area is 152 Å². The third-order valence-corrected chi connectivity index (χ3v) is 5.36. The lowest BCUT2D eigenvalue weighted by molar-refractivity contribution is -0.145. The molecular formula is C18H24N2O4S. The zero-order valence-corrected chi connectivity index (χ0v) is 15.3. The number of carbonyl (C=O) groups is 3. The van der Waals surface area contributed by atoms with Gasteiger partial charge in [-0.15, -0.1) is 11.8 Å². The van der Waals surface area contributed by atoms with E-state index in [1.165, 1.54) is 11.8 Å². The number of nitrogens with one attached hydrogen (secondary N) is 1. The van der Waals surface area contributed by atoms with Gasteiger partial charge >= 0.3 is 5.97 Å². The average molecular weight is 364 g/mol. The molecule has 1 aliphatic heterocycles. The first-order valence-corrected chi connectivity index (χ1v) is 9.41. The summed E-state index contributed by atoms with van der Waals surface area (Å²) in [5.41, 5.74) is 1.85. The third kappa shape index (κ3) is 5.77. The first-order chi connectivity index (χ1) is 11.9. The van der Waals surface area contributed by atoms with Crippen LogP contribution >= 0.6 is 11.8 Å². The second-order valence-corrected chi connectivity index (χ2v) is 7.66. The fourth-order valence-corrected chi connectivity index (χ4v) is 3.51. The molecule has 1 aliphatic rings. The normalized spacial score (nSPS) is 18.5. The van der Waals surface area contributed by atoms with E-state index in [2.05, 4.69) is 5.32 Å². The van der Waals surface area contributed by atoms with Crippen molar-refractivity contribution >= 4 is 35.2 Å². The van der Waals surface area contributed by atoms with Crippen molar-refractivity contribution in [1.29, 1.82) is 0 Å². The summed E-state index contributed by atoms with van der Waals surface area (Å²) in [6.07, 6.45) is 1.31. The van der Waals surface area contributed by atoms with Crippen molar-refractivity contribution in [3.05, 3.63) is 29.8 Å². The van der Waals surface area contributed by atoms with Crippen LogP contribution in [0.25, 0.3) is 0 Å². The number of aliphatic carboxylic acids is 1. The minimum absolute atomic E-state index is 0.0981. The molecule has 25 heavy (non-hydrogen) atoms. The smallest absolute Gasteiger partial charge is 0.308 e. The number of aryl methyl sites for hydroxylation is 1. The maximum atomic E-state index is 12.5. The Morgan fingerprint density at radius 2 is 2.00 bits per heavy atom. The van der Waals surface area contributed by atoms with Crippen LogP contribution in [0.5, 0.6) is 0 Å². The lowest BCUT2D eigenvalue weighted by Gasteiger charge is -2.32. The highest BCUT2D eigenvalue weighted by atomic mass is 32.2. The molecule has 2 amide bonds.